The molecule has 2 heterocycles. The molecule has 2 aliphatic rings. The van der Waals surface area contributed by atoms with Crippen molar-refractivity contribution in [3.8, 4) is 0 Å². The third-order valence-corrected chi connectivity index (χ3v) is 4.30. The molecule has 0 saturated heterocycles. The van der Waals surface area contributed by atoms with Crippen molar-refractivity contribution in [3.63, 3.8) is 0 Å². The zero-order valence-corrected chi connectivity index (χ0v) is 12.4. The van der Waals surface area contributed by atoms with Crippen molar-refractivity contribution in [1.82, 2.24) is 14.5 Å². The monoisotopic (exact) mass is 285 g/mol. The van der Waals surface area contributed by atoms with Gasteiger partial charge >= 0.3 is 0 Å². The number of rotatable bonds is 4. The lowest BCUT2D eigenvalue weighted by Crippen LogP contribution is -2.37. The van der Waals surface area contributed by atoms with Gasteiger partial charge < -0.3 is 4.57 Å². The molecule has 0 atom stereocenters. The summed E-state index contributed by atoms with van der Waals surface area (Å²) in [6.45, 7) is 4.59. The van der Waals surface area contributed by atoms with Gasteiger partial charge in [0.15, 0.2) is 0 Å². The molecule has 5 heteroatoms. The Kier molecular flexibility index (Phi) is 3.27. The molecule has 1 aromatic rings. The van der Waals surface area contributed by atoms with E-state index in [4.69, 9.17) is 0 Å². The van der Waals surface area contributed by atoms with E-state index >= 15 is 0 Å². The van der Waals surface area contributed by atoms with Gasteiger partial charge in [-0.1, -0.05) is 12.2 Å². The van der Waals surface area contributed by atoms with Crippen molar-refractivity contribution in [2.75, 3.05) is 6.54 Å². The summed E-state index contributed by atoms with van der Waals surface area (Å²) >= 11 is 0. The highest BCUT2D eigenvalue weighted by Gasteiger charge is 2.38. The molecule has 0 saturated carbocycles. The number of nitrogens with zero attached hydrogens (tertiary/aromatic N) is 3. The average molecular weight is 285 g/mol. The summed E-state index contributed by atoms with van der Waals surface area (Å²) in [4.78, 5) is 30.1. The summed E-state index contributed by atoms with van der Waals surface area (Å²) in [6.07, 6.45) is 11.4. The minimum Gasteiger partial charge on any atom is -0.332 e. The number of amides is 2. The molecule has 0 aromatic carbocycles. The largest absolute Gasteiger partial charge is 0.332 e. The maximum absolute atomic E-state index is 12.3. The van der Waals surface area contributed by atoms with E-state index in [0.29, 0.717) is 30.5 Å². The zero-order valence-electron chi connectivity index (χ0n) is 12.4. The van der Waals surface area contributed by atoms with Crippen LogP contribution < -0.4 is 0 Å². The normalized spacial score (nSPS) is 18.7. The molecular formula is C16H19N3O2. The second-order valence-corrected chi connectivity index (χ2v) is 6.13. The van der Waals surface area contributed by atoms with E-state index in [-0.39, 0.29) is 17.4 Å². The molecule has 110 valence electrons. The van der Waals surface area contributed by atoms with E-state index in [1.807, 2.05) is 16.8 Å². The summed E-state index contributed by atoms with van der Waals surface area (Å²) in [5, 5.41) is 0. The van der Waals surface area contributed by atoms with Crippen LogP contribution in [0, 0.1) is 0 Å². The fourth-order valence-corrected chi connectivity index (χ4v) is 2.82. The molecule has 0 bridgehead atoms. The summed E-state index contributed by atoms with van der Waals surface area (Å²) in [6, 6.07) is 0. The molecule has 0 N–H and O–H groups in total. The lowest BCUT2D eigenvalue weighted by atomic mass is 10.00. The summed E-state index contributed by atoms with van der Waals surface area (Å²) in [5.41, 5.74) is 1.09. The van der Waals surface area contributed by atoms with Crippen LogP contribution >= 0.6 is 0 Å². The van der Waals surface area contributed by atoms with Crippen molar-refractivity contribution >= 4 is 11.8 Å². The highest BCUT2D eigenvalue weighted by molar-refractivity contribution is 6.20. The van der Waals surface area contributed by atoms with E-state index in [2.05, 4.69) is 18.8 Å². The van der Waals surface area contributed by atoms with Crippen LogP contribution in [-0.4, -0.2) is 32.8 Å². The lowest BCUT2D eigenvalue weighted by Gasteiger charge is -2.28. The number of hydrogen-bond donors (Lipinski definition) is 0. The van der Waals surface area contributed by atoms with Crippen molar-refractivity contribution in [2.45, 2.75) is 38.6 Å². The molecule has 1 aliphatic carbocycles. The first-order chi connectivity index (χ1) is 10.0. The van der Waals surface area contributed by atoms with Crippen molar-refractivity contribution in [1.29, 1.82) is 0 Å². The van der Waals surface area contributed by atoms with Crippen LogP contribution in [-0.2, 0) is 15.1 Å². The number of carbonyl (C=O) groups is 2. The van der Waals surface area contributed by atoms with Gasteiger partial charge in [-0.3, -0.25) is 14.5 Å². The van der Waals surface area contributed by atoms with Gasteiger partial charge in [0.05, 0.1) is 6.33 Å². The SMILES string of the molecule is CC(C)(CCN1C(=O)C2=C(CCC=C2)C1=O)n1ccnc1. The van der Waals surface area contributed by atoms with Gasteiger partial charge in [0.1, 0.15) is 0 Å². The molecule has 1 aliphatic heterocycles. The van der Waals surface area contributed by atoms with Crippen molar-refractivity contribution in [2.24, 2.45) is 0 Å². The Morgan fingerprint density at radius 1 is 1.29 bits per heavy atom. The fourth-order valence-electron chi connectivity index (χ4n) is 2.82. The van der Waals surface area contributed by atoms with Gasteiger partial charge in [-0.2, -0.15) is 0 Å². The Morgan fingerprint density at radius 3 is 2.76 bits per heavy atom. The molecule has 21 heavy (non-hydrogen) atoms. The van der Waals surface area contributed by atoms with Crippen molar-refractivity contribution in [3.05, 3.63) is 42.0 Å². The Hall–Kier alpha value is -2.17. The predicted octanol–water partition coefficient (Wildman–Crippen LogP) is 2.02. The summed E-state index contributed by atoms with van der Waals surface area (Å²) in [5.74, 6) is -0.256. The molecular weight excluding hydrogens is 266 g/mol. The smallest absolute Gasteiger partial charge is 0.261 e. The quantitative estimate of drug-likeness (QED) is 0.795. The number of carbonyl (C=O) groups excluding carboxylic acids is 2. The second-order valence-electron chi connectivity index (χ2n) is 6.13. The standard InChI is InChI=1S/C16H19N3O2/c1-16(2,18-10-8-17-11-18)7-9-19-14(20)12-5-3-4-6-13(12)15(19)21/h3,5,8,10-11H,4,6-7,9H2,1-2H3. The number of imidazole rings is 1. The number of hydrogen-bond acceptors (Lipinski definition) is 3. The molecule has 0 fully saturated rings. The zero-order chi connectivity index (χ0) is 15.0. The third kappa shape index (κ3) is 2.33. The third-order valence-electron chi connectivity index (χ3n) is 4.30. The van der Waals surface area contributed by atoms with Crippen LogP contribution in [0.15, 0.2) is 42.0 Å². The van der Waals surface area contributed by atoms with E-state index in [9.17, 15) is 9.59 Å². The molecule has 0 spiro atoms. The number of imide groups is 1. The topological polar surface area (TPSA) is 55.2 Å². The van der Waals surface area contributed by atoms with Crippen LogP contribution in [0.1, 0.15) is 33.1 Å². The highest BCUT2D eigenvalue weighted by atomic mass is 16.2. The van der Waals surface area contributed by atoms with Crippen molar-refractivity contribution < 1.29 is 9.59 Å². The molecule has 5 nitrogen and oxygen atoms in total. The summed E-state index contributed by atoms with van der Waals surface area (Å²) < 4.78 is 2.01. The first kappa shape index (κ1) is 13.8. The minimum absolute atomic E-state index is 0.110. The molecule has 3 rings (SSSR count). The van der Waals surface area contributed by atoms with E-state index in [1.165, 1.54) is 4.90 Å². The van der Waals surface area contributed by atoms with Gasteiger partial charge in [0, 0.05) is 35.6 Å². The predicted molar refractivity (Wildman–Crippen MR) is 78.3 cm³/mol. The van der Waals surface area contributed by atoms with Gasteiger partial charge in [0.25, 0.3) is 11.8 Å². The first-order valence-electron chi connectivity index (χ1n) is 7.25. The summed E-state index contributed by atoms with van der Waals surface area (Å²) in [7, 11) is 0. The van der Waals surface area contributed by atoms with Crippen LogP contribution in [0.4, 0.5) is 0 Å². The Morgan fingerprint density at radius 2 is 2.10 bits per heavy atom. The van der Waals surface area contributed by atoms with Gasteiger partial charge in [-0.25, -0.2) is 4.98 Å². The average Bonchev–Trinajstić information content (AvgIpc) is 3.08. The molecule has 0 unspecified atom stereocenters. The highest BCUT2D eigenvalue weighted by Crippen LogP contribution is 2.30. The first-order valence-corrected chi connectivity index (χ1v) is 7.25. The van der Waals surface area contributed by atoms with Crippen LogP contribution in [0.5, 0.6) is 0 Å². The van der Waals surface area contributed by atoms with Gasteiger partial charge in [0.2, 0.25) is 0 Å². The van der Waals surface area contributed by atoms with Crippen LogP contribution in [0.2, 0.25) is 0 Å². The number of allylic oxidation sites excluding steroid dienone is 1. The fraction of sp³-hybridized carbons (Fsp3) is 0.438. The Balaban J connectivity index is 1.71. The van der Waals surface area contributed by atoms with Crippen LogP contribution in [0.25, 0.3) is 0 Å². The van der Waals surface area contributed by atoms with E-state index in [0.717, 1.165) is 6.42 Å². The van der Waals surface area contributed by atoms with E-state index < -0.39 is 0 Å². The lowest BCUT2D eigenvalue weighted by molar-refractivity contribution is -0.137. The molecule has 1 aromatic heterocycles. The molecule has 2 amide bonds. The Bertz CT molecular complexity index is 638. The van der Waals surface area contributed by atoms with Gasteiger partial charge in [-0.15, -0.1) is 0 Å². The minimum atomic E-state index is -0.185. The molecule has 0 radical (unpaired) electrons. The maximum Gasteiger partial charge on any atom is 0.261 e. The number of aromatic nitrogens is 2. The Labute approximate surface area is 124 Å². The second kappa shape index (κ2) is 4.98. The van der Waals surface area contributed by atoms with Crippen LogP contribution in [0.3, 0.4) is 0 Å². The van der Waals surface area contributed by atoms with E-state index in [1.54, 1.807) is 18.6 Å². The van der Waals surface area contributed by atoms with Gasteiger partial charge in [-0.05, 0) is 33.1 Å². The maximum atomic E-state index is 12.3.